The van der Waals surface area contributed by atoms with Gasteiger partial charge in [-0.3, -0.25) is 9.36 Å². The van der Waals surface area contributed by atoms with Crippen molar-refractivity contribution in [2.45, 2.75) is 0 Å². The van der Waals surface area contributed by atoms with E-state index in [4.69, 9.17) is 11.6 Å². The summed E-state index contributed by atoms with van der Waals surface area (Å²) < 4.78 is 28.1. The molecule has 0 fully saturated rings. The molecular formula is C10H6ClF2N3O2. The Bertz CT molecular complexity index is 739. The second-order valence-corrected chi connectivity index (χ2v) is 3.86. The lowest BCUT2D eigenvalue weighted by atomic mass is 10.3. The van der Waals surface area contributed by atoms with E-state index < -0.39 is 33.6 Å². The normalized spacial score (nSPS) is 10.7. The zero-order chi connectivity index (χ0) is 13.4. The van der Waals surface area contributed by atoms with Crippen molar-refractivity contribution in [1.82, 2.24) is 14.3 Å². The maximum atomic E-state index is 13.6. The number of rotatable bonds is 1. The van der Waals surface area contributed by atoms with Gasteiger partial charge in [-0.05, 0) is 6.07 Å². The molecule has 8 heteroatoms. The molecule has 0 spiro atoms. The molecule has 94 valence electrons. The summed E-state index contributed by atoms with van der Waals surface area (Å²) in [4.78, 5) is 22.8. The molecule has 0 aliphatic rings. The first-order chi connectivity index (χ1) is 8.41. The van der Waals surface area contributed by atoms with Gasteiger partial charge in [0.15, 0.2) is 5.82 Å². The van der Waals surface area contributed by atoms with Crippen LogP contribution in [0, 0.1) is 11.6 Å². The van der Waals surface area contributed by atoms with Crippen LogP contribution in [-0.4, -0.2) is 14.3 Å². The minimum Gasteiger partial charge on any atom is -0.267 e. The van der Waals surface area contributed by atoms with Crippen LogP contribution < -0.4 is 11.2 Å². The third kappa shape index (κ3) is 1.92. The van der Waals surface area contributed by atoms with E-state index in [0.717, 1.165) is 22.9 Å². The van der Waals surface area contributed by atoms with Crippen molar-refractivity contribution in [3.8, 4) is 5.69 Å². The van der Waals surface area contributed by atoms with Crippen molar-refractivity contribution in [2.24, 2.45) is 7.05 Å². The fourth-order valence-electron chi connectivity index (χ4n) is 1.32. The molecule has 0 unspecified atom stereocenters. The highest BCUT2D eigenvalue weighted by atomic mass is 35.5. The fourth-order valence-corrected chi connectivity index (χ4v) is 1.47. The van der Waals surface area contributed by atoms with Crippen LogP contribution in [-0.2, 0) is 7.05 Å². The molecule has 1 heterocycles. The van der Waals surface area contributed by atoms with Gasteiger partial charge in [0.2, 0.25) is 0 Å². The topological polar surface area (TPSA) is 56.9 Å². The highest BCUT2D eigenvalue weighted by Crippen LogP contribution is 2.20. The first kappa shape index (κ1) is 12.4. The predicted molar refractivity (Wildman–Crippen MR) is 60.0 cm³/mol. The smallest absolute Gasteiger partial charge is 0.267 e. The predicted octanol–water partition coefficient (Wildman–Crippen LogP) is 0.863. The van der Waals surface area contributed by atoms with Crippen LogP contribution in [0.5, 0.6) is 0 Å². The van der Waals surface area contributed by atoms with Crippen LogP contribution in [0.1, 0.15) is 0 Å². The molecule has 0 aliphatic heterocycles. The van der Waals surface area contributed by atoms with Gasteiger partial charge in [-0.15, -0.1) is 0 Å². The van der Waals surface area contributed by atoms with E-state index in [-0.39, 0.29) is 0 Å². The molecule has 0 N–H and O–H groups in total. The van der Waals surface area contributed by atoms with E-state index in [1.54, 1.807) is 0 Å². The molecule has 5 nitrogen and oxygen atoms in total. The lowest BCUT2D eigenvalue weighted by Crippen LogP contribution is -2.38. The molecule has 0 saturated heterocycles. The van der Waals surface area contributed by atoms with Crippen molar-refractivity contribution >= 4 is 11.6 Å². The minimum atomic E-state index is -0.922. The second-order valence-electron chi connectivity index (χ2n) is 3.45. The molecule has 0 saturated carbocycles. The van der Waals surface area contributed by atoms with Crippen LogP contribution in [0.2, 0.25) is 5.02 Å². The summed E-state index contributed by atoms with van der Waals surface area (Å²) in [7, 11) is 1.20. The third-order valence-electron chi connectivity index (χ3n) is 2.30. The summed E-state index contributed by atoms with van der Waals surface area (Å²) in [6.07, 6.45) is 0.827. The Balaban J connectivity index is 2.78. The number of hydrogen-bond acceptors (Lipinski definition) is 3. The Hall–Kier alpha value is -2.02. The van der Waals surface area contributed by atoms with Gasteiger partial charge in [0.1, 0.15) is 17.7 Å². The molecule has 0 bridgehead atoms. The van der Waals surface area contributed by atoms with Crippen molar-refractivity contribution in [3.63, 3.8) is 0 Å². The first-order valence-electron chi connectivity index (χ1n) is 4.72. The highest BCUT2D eigenvalue weighted by Gasteiger charge is 2.13. The Kier molecular flexibility index (Phi) is 3.00. The molecular weight excluding hydrogens is 268 g/mol. The van der Waals surface area contributed by atoms with Gasteiger partial charge < -0.3 is 0 Å². The molecule has 2 rings (SSSR count). The molecule has 0 radical (unpaired) electrons. The van der Waals surface area contributed by atoms with E-state index in [2.05, 4.69) is 5.10 Å². The van der Waals surface area contributed by atoms with Crippen molar-refractivity contribution in [2.75, 3.05) is 0 Å². The van der Waals surface area contributed by atoms with E-state index >= 15 is 0 Å². The monoisotopic (exact) mass is 273 g/mol. The summed E-state index contributed by atoms with van der Waals surface area (Å²) in [5.41, 5.74) is -1.95. The van der Waals surface area contributed by atoms with Crippen LogP contribution in [0.4, 0.5) is 8.78 Å². The highest BCUT2D eigenvalue weighted by molar-refractivity contribution is 6.30. The Morgan fingerprint density at radius 1 is 1.22 bits per heavy atom. The summed E-state index contributed by atoms with van der Waals surface area (Å²) in [5, 5.41) is 3.05. The molecule has 2 aromatic rings. The van der Waals surface area contributed by atoms with Gasteiger partial charge in [-0.1, -0.05) is 11.6 Å². The third-order valence-corrected chi connectivity index (χ3v) is 2.59. The molecule has 0 atom stereocenters. The summed E-state index contributed by atoms with van der Waals surface area (Å²) in [5.74, 6) is -1.81. The van der Waals surface area contributed by atoms with Gasteiger partial charge in [0, 0.05) is 13.1 Å². The van der Waals surface area contributed by atoms with Crippen LogP contribution in [0.3, 0.4) is 0 Å². The van der Waals surface area contributed by atoms with Crippen molar-refractivity contribution < 1.29 is 8.78 Å². The summed E-state index contributed by atoms with van der Waals surface area (Å²) >= 11 is 5.39. The number of benzene rings is 1. The SMILES string of the molecule is Cn1c(=O)cnn(-c2cc(F)c(Cl)cc2F)c1=O. The summed E-state index contributed by atoms with van der Waals surface area (Å²) in [6.45, 7) is 0. The molecule has 18 heavy (non-hydrogen) atoms. The van der Waals surface area contributed by atoms with Crippen LogP contribution >= 0.6 is 11.6 Å². The molecule has 0 aliphatic carbocycles. The molecule has 1 aromatic carbocycles. The lowest BCUT2D eigenvalue weighted by Gasteiger charge is -2.07. The number of hydrogen-bond donors (Lipinski definition) is 0. The number of nitrogens with zero attached hydrogens (tertiary/aromatic N) is 3. The molecule has 1 aromatic heterocycles. The Labute approximate surface area is 104 Å². The van der Waals surface area contributed by atoms with Crippen molar-refractivity contribution in [3.05, 3.63) is 55.8 Å². The number of halogens is 3. The van der Waals surface area contributed by atoms with E-state index in [9.17, 15) is 18.4 Å². The Morgan fingerprint density at radius 3 is 2.56 bits per heavy atom. The fraction of sp³-hybridized carbons (Fsp3) is 0.100. The quantitative estimate of drug-likeness (QED) is 0.724. The standard InChI is InChI=1S/C10H6ClF2N3O2/c1-15-9(17)4-14-16(10(15)18)8-3-6(12)5(11)2-7(8)13/h2-4H,1H3. The lowest BCUT2D eigenvalue weighted by molar-refractivity contribution is 0.568. The average Bonchev–Trinajstić information content (AvgIpc) is 2.32. The van der Waals surface area contributed by atoms with Gasteiger partial charge in [0.05, 0.1) is 5.02 Å². The molecule has 0 amide bonds. The minimum absolute atomic E-state index is 0.408. The van der Waals surface area contributed by atoms with Crippen LogP contribution in [0.15, 0.2) is 27.9 Å². The maximum Gasteiger partial charge on any atom is 0.352 e. The van der Waals surface area contributed by atoms with Gasteiger partial charge in [0.25, 0.3) is 5.56 Å². The van der Waals surface area contributed by atoms with E-state index in [1.165, 1.54) is 7.05 Å². The van der Waals surface area contributed by atoms with Gasteiger partial charge >= 0.3 is 5.69 Å². The van der Waals surface area contributed by atoms with Crippen LogP contribution in [0.25, 0.3) is 5.69 Å². The van der Waals surface area contributed by atoms with E-state index in [0.29, 0.717) is 4.68 Å². The zero-order valence-corrected chi connectivity index (χ0v) is 9.78. The number of aromatic nitrogens is 3. The largest absolute Gasteiger partial charge is 0.352 e. The zero-order valence-electron chi connectivity index (χ0n) is 9.02. The van der Waals surface area contributed by atoms with Gasteiger partial charge in [-0.25, -0.2) is 13.6 Å². The van der Waals surface area contributed by atoms with Crippen molar-refractivity contribution in [1.29, 1.82) is 0 Å². The second kappa shape index (κ2) is 4.34. The van der Waals surface area contributed by atoms with E-state index in [1.807, 2.05) is 0 Å². The Morgan fingerprint density at radius 2 is 1.89 bits per heavy atom. The first-order valence-corrected chi connectivity index (χ1v) is 5.10. The van der Waals surface area contributed by atoms with Gasteiger partial charge in [-0.2, -0.15) is 9.78 Å². The summed E-state index contributed by atoms with van der Waals surface area (Å²) in [6, 6.07) is 1.46. The maximum absolute atomic E-state index is 13.6. The average molecular weight is 274 g/mol.